The van der Waals surface area contributed by atoms with Crippen LogP contribution in [0.2, 0.25) is 5.02 Å². The summed E-state index contributed by atoms with van der Waals surface area (Å²) in [5, 5.41) is 4.08. The summed E-state index contributed by atoms with van der Waals surface area (Å²) < 4.78 is 1.49. The third-order valence-electron chi connectivity index (χ3n) is 4.50. The maximum absolute atomic E-state index is 12.2. The zero-order valence-electron chi connectivity index (χ0n) is 12.4. The topological polar surface area (TPSA) is 49.6 Å². The number of pyridine rings is 1. The third-order valence-corrected chi connectivity index (χ3v) is 4.72. The van der Waals surface area contributed by atoms with E-state index < -0.39 is 0 Å². The molecular weight excluding hydrogens is 359 g/mol. The Morgan fingerprint density at radius 2 is 2.13 bits per heavy atom. The standard InChI is InChI=1S/C15H17ClN4O.2ClH/c16-11-1-2-14-18-12(5-15(21)20(14)7-11)8-19-6-10-3-4-17-13(10)9-19;;/h1-2,5,7,10,13,17H,3-4,6,8-9H2;2*1H/t10-,13+;;/m0../s1. The highest BCUT2D eigenvalue weighted by atomic mass is 35.5. The zero-order chi connectivity index (χ0) is 14.4. The van der Waals surface area contributed by atoms with E-state index in [1.165, 1.54) is 10.8 Å². The quantitative estimate of drug-likeness (QED) is 0.869. The minimum absolute atomic E-state index is 0. The van der Waals surface area contributed by atoms with Crippen LogP contribution >= 0.6 is 36.4 Å². The van der Waals surface area contributed by atoms with Gasteiger partial charge in [-0.3, -0.25) is 14.1 Å². The van der Waals surface area contributed by atoms with Crippen LogP contribution < -0.4 is 10.9 Å². The summed E-state index contributed by atoms with van der Waals surface area (Å²) in [6, 6.07) is 5.78. The Morgan fingerprint density at radius 1 is 1.30 bits per heavy atom. The van der Waals surface area contributed by atoms with Crippen LogP contribution in [-0.2, 0) is 6.54 Å². The SMILES string of the molecule is Cl.Cl.O=c1cc(CN2C[C@@H]3CCN[C@@H]3C2)nc2ccc(Cl)cn12. The smallest absolute Gasteiger partial charge is 0.258 e. The lowest BCUT2D eigenvalue weighted by atomic mass is 10.1. The molecule has 0 spiro atoms. The Balaban J connectivity index is 0.000000960. The molecule has 2 fully saturated rings. The molecule has 2 atom stereocenters. The molecule has 1 N–H and O–H groups in total. The number of likely N-dealkylation sites (tertiary alicyclic amines) is 1. The Morgan fingerprint density at radius 3 is 2.91 bits per heavy atom. The van der Waals surface area contributed by atoms with Crippen molar-refractivity contribution in [2.24, 2.45) is 5.92 Å². The summed E-state index contributed by atoms with van der Waals surface area (Å²) in [6.07, 6.45) is 2.87. The van der Waals surface area contributed by atoms with Crippen molar-refractivity contribution in [3.63, 3.8) is 0 Å². The molecule has 0 radical (unpaired) electrons. The van der Waals surface area contributed by atoms with Crippen LogP contribution in [0, 0.1) is 5.92 Å². The first-order valence-corrected chi connectivity index (χ1v) is 7.70. The average Bonchev–Trinajstić information content (AvgIpc) is 3.00. The Labute approximate surface area is 151 Å². The van der Waals surface area contributed by atoms with Crippen molar-refractivity contribution in [1.82, 2.24) is 19.6 Å². The van der Waals surface area contributed by atoms with E-state index in [1.54, 1.807) is 24.4 Å². The molecule has 0 aromatic carbocycles. The van der Waals surface area contributed by atoms with Crippen molar-refractivity contribution in [1.29, 1.82) is 0 Å². The fraction of sp³-hybridized carbons (Fsp3) is 0.467. The summed E-state index contributed by atoms with van der Waals surface area (Å²) in [5.74, 6) is 0.755. The molecule has 4 rings (SSSR count). The molecule has 2 saturated heterocycles. The van der Waals surface area contributed by atoms with Crippen LogP contribution in [0.5, 0.6) is 0 Å². The minimum atomic E-state index is -0.0741. The van der Waals surface area contributed by atoms with Crippen molar-refractivity contribution >= 4 is 42.1 Å². The van der Waals surface area contributed by atoms with Gasteiger partial charge in [0.05, 0.1) is 10.7 Å². The van der Waals surface area contributed by atoms with Gasteiger partial charge < -0.3 is 5.32 Å². The number of halogens is 3. The molecule has 0 aliphatic carbocycles. The lowest BCUT2D eigenvalue weighted by Crippen LogP contribution is -2.30. The predicted octanol–water partition coefficient (Wildman–Crippen LogP) is 1.99. The van der Waals surface area contributed by atoms with E-state index >= 15 is 0 Å². The molecule has 4 heterocycles. The van der Waals surface area contributed by atoms with Crippen LogP contribution in [0.1, 0.15) is 12.1 Å². The Kier molecular flexibility index (Phi) is 5.92. The fourth-order valence-corrected chi connectivity index (χ4v) is 3.66. The van der Waals surface area contributed by atoms with Crippen molar-refractivity contribution in [2.75, 3.05) is 19.6 Å². The molecule has 0 saturated carbocycles. The summed E-state index contributed by atoms with van der Waals surface area (Å²) >= 11 is 5.92. The lowest BCUT2D eigenvalue weighted by Gasteiger charge is -2.16. The number of rotatable bonds is 2. The minimum Gasteiger partial charge on any atom is -0.312 e. The molecular formula is C15H19Cl3N4O. The van der Waals surface area contributed by atoms with Gasteiger partial charge in [0, 0.05) is 37.9 Å². The number of nitrogens with one attached hydrogen (secondary N) is 1. The van der Waals surface area contributed by atoms with Crippen molar-refractivity contribution in [3.8, 4) is 0 Å². The number of fused-ring (bicyclic) bond motifs is 2. The van der Waals surface area contributed by atoms with E-state index in [0.717, 1.165) is 37.8 Å². The Hall–Kier alpha value is -0.850. The van der Waals surface area contributed by atoms with Gasteiger partial charge in [0.2, 0.25) is 0 Å². The number of hydrogen-bond acceptors (Lipinski definition) is 4. The van der Waals surface area contributed by atoms with E-state index in [1.807, 2.05) is 0 Å². The van der Waals surface area contributed by atoms with Gasteiger partial charge in [-0.1, -0.05) is 11.6 Å². The molecule has 5 nitrogen and oxygen atoms in total. The molecule has 2 aromatic heterocycles. The van der Waals surface area contributed by atoms with Crippen LogP contribution in [0.4, 0.5) is 0 Å². The van der Waals surface area contributed by atoms with Gasteiger partial charge in [0.25, 0.3) is 5.56 Å². The van der Waals surface area contributed by atoms with Gasteiger partial charge in [-0.15, -0.1) is 24.8 Å². The molecule has 0 bridgehead atoms. The van der Waals surface area contributed by atoms with E-state index in [9.17, 15) is 4.79 Å². The van der Waals surface area contributed by atoms with Crippen LogP contribution in [0.3, 0.4) is 0 Å². The van der Waals surface area contributed by atoms with Crippen LogP contribution in [0.25, 0.3) is 5.65 Å². The molecule has 23 heavy (non-hydrogen) atoms. The third kappa shape index (κ3) is 3.64. The highest BCUT2D eigenvalue weighted by molar-refractivity contribution is 6.30. The lowest BCUT2D eigenvalue weighted by molar-refractivity contribution is 0.303. The summed E-state index contributed by atoms with van der Waals surface area (Å²) in [6.45, 7) is 4.02. The predicted molar refractivity (Wildman–Crippen MR) is 96.1 cm³/mol. The Bertz CT molecular complexity index is 739. The monoisotopic (exact) mass is 376 g/mol. The molecule has 0 unspecified atom stereocenters. The molecule has 2 aliphatic rings. The summed E-state index contributed by atoms with van der Waals surface area (Å²) in [4.78, 5) is 19.1. The van der Waals surface area contributed by atoms with E-state index in [2.05, 4.69) is 15.2 Å². The van der Waals surface area contributed by atoms with Gasteiger partial charge in [-0.25, -0.2) is 4.98 Å². The second kappa shape index (κ2) is 7.36. The van der Waals surface area contributed by atoms with Gasteiger partial charge in [0.1, 0.15) is 5.65 Å². The average molecular weight is 378 g/mol. The zero-order valence-corrected chi connectivity index (χ0v) is 14.8. The van der Waals surface area contributed by atoms with Crippen molar-refractivity contribution in [2.45, 2.75) is 19.0 Å². The van der Waals surface area contributed by atoms with Crippen LogP contribution in [-0.4, -0.2) is 40.0 Å². The van der Waals surface area contributed by atoms with Gasteiger partial charge in [0.15, 0.2) is 0 Å². The van der Waals surface area contributed by atoms with Crippen LogP contribution in [0.15, 0.2) is 29.2 Å². The second-order valence-corrected chi connectivity index (χ2v) is 6.40. The normalized spacial score (nSPS) is 23.3. The van der Waals surface area contributed by atoms with E-state index in [0.29, 0.717) is 16.7 Å². The summed E-state index contributed by atoms with van der Waals surface area (Å²) in [7, 11) is 0. The molecule has 2 aromatic rings. The van der Waals surface area contributed by atoms with Crippen molar-refractivity contribution in [3.05, 3.63) is 45.5 Å². The summed E-state index contributed by atoms with van der Waals surface area (Å²) in [5.41, 5.74) is 1.41. The highest BCUT2D eigenvalue weighted by Crippen LogP contribution is 2.25. The molecule has 126 valence electrons. The van der Waals surface area contributed by atoms with Crippen molar-refractivity contribution < 1.29 is 0 Å². The van der Waals surface area contributed by atoms with Gasteiger partial charge in [-0.05, 0) is 31.0 Å². The molecule has 2 aliphatic heterocycles. The molecule has 8 heteroatoms. The fourth-order valence-electron chi connectivity index (χ4n) is 3.50. The second-order valence-electron chi connectivity index (χ2n) is 5.96. The number of aromatic nitrogens is 2. The largest absolute Gasteiger partial charge is 0.312 e. The number of hydrogen-bond donors (Lipinski definition) is 1. The first kappa shape index (κ1) is 18.5. The van der Waals surface area contributed by atoms with Gasteiger partial charge >= 0.3 is 0 Å². The first-order chi connectivity index (χ1) is 10.2. The van der Waals surface area contributed by atoms with Gasteiger partial charge in [-0.2, -0.15) is 0 Å². The van der Waals surface area contributed by atoms with E-state index in [-0.39, 0.29) is 30.4 Å². The molecule has 0 amide bonds. The maximum atomic E-state index is 12.2. The maximum Gasteiger partial charge on any atom is 0.258 e. The highest BCUT2D eigenvalue weighted by Gasteiger charge is 2.35. The van der Waals surface area contributed by atoms with E-state index in [4.69, 9.17) is 11.6 Å². The number of nitrogens with zero attached hydrogens (tertiary/aromatic N) is 3. The first-order valence-electron chi connectivity index (χ1n) is 7.32.